The normalized spacial score (nSPS) is 19.6. The number of nitrogens with zero attached hydrogens (tertiary/aromatic N) is 5. The molecule has 1 saturated heterocycles. The van der Waals surface area contributed by atoms with Gasteiger partial charge in [0.15, 0.2) is 5.65 Å². The quantitative estimate of drug-likeness (QED) is 0.797. The highest BCUT2D eigenvalue weighted by Crippen LogP contribution is 2.27. The van der Waals surface area contributed by atoms with E-state index in [0.717, 1.165) is 36.8 Å². The Hall–Kier alpha value is -2.21. The summed E-state index contributed by atoms with van der Waals surface area (Å²) in [7, 11) is 0. The summed E-state index contributed by atoms with van der Waals surface area (Å²) >= 11 is 0. The van der Waals surface area contributed by atoms with E-state index in [9.17, 15) is 0 Å². The number of hydrogen-bond donors (Lipinski definition) is 1. The summed E-state index contributed by atoms with van der Waals surface area (Å²) in [6, 6.07) is 8.26. The molecule has 132 valence electrons. The van der Waals surface area contributed by atoms with Crippen molar-refractivity contribution < 1.29 is 0 Å². The molecule has 0 bridgehead atoms. The third-order valence-electron chi connectivity index (χ3n) is 5.00. The van der Waals surface area contributed by atoms with Gasteiger partial charge < -0.3 is 0 Å². The van der Waals surface area contributed by atoms with Gasteiger partial charge >= 0.3 is 0 Å². The van der Waals surface area contributed by atoms with Crippen LogP contribution in [-0.2, 0) is 12.0 Å². The molecule has 3 aromatic heterocycles. The van der Waals surface area contributed by atoms with Gasteiger partial charge in [0.25, 0.3) is 0 Å². The minimum absolute atomic E-state index is 0.0830. The molecule has 1 aliphatic rings. The van der Waals surface area contributed by atoms with E-state index in [-0.39, 0.29) is 5.41 Å². The standard InChI is InChI=1S/C19H26N6/c1-19(2,3)16-11-15(20-21-16)13-24-9-6-7-14(12-24)18-23-22-17-8-4-5-10-25(17)18/h4-5,8,10-11,14H,6-7,9,12-13H2,1-3H3,(H,20,21)/t14-/m1/s1. The average Bonchev–Trinajstić information content (AvgIpc) is 3.21. The summed E-state index contributed by atoms with van der Waals surface area (Å²) in [5.41, 5.74) is 3.33. The number of fused-ring (bicyclic) bond motifs is 1. The summed E-state index contributed by atoms with van der Waals surface area (Å²) in [6.45, 7) is 9.63. The van der Waals surface area contributed by atoms with Gasteiger partial charge in [-0.05, 0) is 37.6 Å². The molecular weight excluding hydrogens is 312 g/mol. The fraction of sp³-hybridized carbons (Fsp3) is 0.526. The molecule has 0 spiro atoms. The van der Waals surface area contributed by atoms with Crippen molar-refractivity contribution in [3.8, 4) is 0 Å². The molecule has 1 aliphatic heterocycles. The Balaban J connectivity index is 1.49. The molecule has 3 aromatic rings. The first-order valence-electron chi connectivity index (χ1n) is 9.07. The Morgan fingerprint density at radius 2 is 2.12 bits per heavy atom. The molecule has 1 atom stereocenters. The fourth-order valence-corrected chi connectivity index (χ4v) is 3.62. The van der Waals surface area contributed by atoms with Gasteiger partial charge in [0.2, 0.25) is 0 Å². The molecule has 0 unspecified atom stereocenters. The minimum Gasteiger partial charge on any atom is -0.297 e. The molecule has 1 N–H and O–H groups in total. The maximum Gasteiger partial charge on any atom is 0.160 e. The predicted molar refractivity (Wildman–Crippen MR) is 97.5 cm³/mol. The minimum atomic E-state index is 0.0830. The van der Waals surface area contributed by atoms with Crippen molar-refractivity contribution in [3.63, 3.8) is 0 Å². The van der Waals surface area contributed by atoms with Gasteiger partial charge in [0.05, 0.1) is 5.69 Å². The smallest absolute Gasteiger partial charge is 0.160 e. The van der Waals surface area contributed by atoms with Crippen LogP contribution in [-0.4, -0.2) is 42.8 Å². The first-order valence-corrected chi connectivity index (χ1v) is 9.07. The molecule has 0 amide bonds. The maximum absolute atomic E-state index is 4.48. The Kier molecular flexibility index (Phi) is 4.07. The van der Waals surface area contributed by atoms with Crippen LogP contribution in [0.4, 0.5) is 0 Å². The zero-order valence-electron chi connectivity index (χ0n) is 15.2. The highest BCUT2D eigenvalue weighted by atomic mass is 15.3. The van der Waals surface area contributed by atoms with E-state index in [0.29, 0.717) is 5.92 Å². The van der Waals surface area contributed by atoms with Gasteiger partial charge in [-0.2, -0.15) is 5.10 Å². The Bertz CT molecular complexity index is 856. The predicted octanol–water partition coefficient (Wildman–Crippen LogP) is 3.13. The third kappa shape index (κ3) is 3.31. The SMILES string of the molecule is CC(C)(C)c1cc(CN2CCC[C@@H](c3nnc4ccccn34)C2)[nH]n1. The Morgan fingerprint density at radius 3 is 2.92 bits per heavy atom. The second-order valence-electron chi connectivity index (χ2n) is 8.09. The lowest BCUT2D eigenvalue weighted by Crippen LogP contribution is -2.34. The van der Waals surface area contributed by atoms with Crippen molar-refractivity contribution in [1.82, 2.24) is 29.7 Å². The van der Waals surface area contributed by atoms with Crippen LogP contribution in [0.1, 0.15) is 56.7 Å². The first kappa shape index (κ1) is 16.3. The lowest BCUT2D eigenvalue weighted by Gasteiger charge is -2.31. The van der Waals surface area contributed by atoms with Crippen LogP contribution in [0.5, 0.6) is 0 Å². The number of aromatic amines is 1. The molecule has 6 nitrogen and oxygen atoms in total. The number of nitrogens with one attached hydrogen (secondary N) is 1. The third-order valence-corrected chi connectivity index (χ3v) is 5.00. The lowest BCUT2D eigenvalue weighted by atomic mass is 9.92. The van der Waals surface area contributed by atoms with Crippen molar-refractivity contribution >= 4 is 5.65 Å². The van der Waals surface area contributed by atoms with E-state index in [1.54, 1.807) is 0 Å². The second-order valence-corrected chi connectivity index (χ2v) is 8.09. The number of piperidine rings is 1. The maximum atomic E-state index is 4.48. The van der Waals surface area contributed by atoms with Crippen LogP contribution in [0.3, 0.4) is 0 Å². The van der Waals surface area contributed by atoms with Crippen molar-refractivity contribution in [2.45, 2.75) is 51.5 Å². The van der Waals surface area contributed by atoms with Crippen molar-refractivity contribution in [1.29, 1.82) is 0 Å². The van der Waals surface area contributed by atoms with Gasteiger partial charge in [0.1, 0.15) is 5.82 Å². The Morgan fingerprint density at radius 1 is 1.24 bits per heavy atom. The summed E-state index contributed by atoms with van der Waals surface area (Å²) in [4.78, 5) is 2.50. The van der Waals surface area contributed by atoms with E-state index < -0.39 is 0 Å². The van der Waals surface area contributed by atoms with Gasteiger partial charge in [-0.15, -0.1) is 10.2 Å². The summed E-state index contributed by atoms with van der Waals surface area (Å²) in [6.07, 6.45) is 4.42. The van der Waals surface area contributed by atoms with Crippen molar-refractivity contribution in [3.05, 3.63) is 47.7 Å². The molecule has 0 saturated carbocycles. The van der Waals surface area contributed by atoms with Crippen LogP contribution < -0.4 is 0 Å². The van der Waals surface area contributed by atoms with Crippen LogP contribution in [0.15, 0.2) is 30.5 Å². The van der Waals surface area contributed by atoms with E-state index in [4.69, 9.17) is 0 Å². The number of aromatic nitrogens is 5. The molecule has 0 aromatic carbocycles. The molecule has 4 heterocycles. The zero-order chi connectivity index (χ0) is 17.4. The first-order chi connectivity index (χ1) is 12.0. The van der Waals surface area contributed by atoms with Gasteiger partial charge in [-0.3, -0.25) is 14.4 Å². The number of rotatable bonds is 3. The number of likely N-dealkylation sites (tertiary alicyclic amines) is 1. The summed E-state index contributed by atoms with van der Waals surface area (Å²) in [5, 5.41) is 16.5. The van der Waals surface area contributed by atoms with Crippen LogP contribution >= 0.6 is 0 Å². The van der Waals surface area contributed by atoms with E-state index in [2.05, 4.69) is 62.7 Å². The van der Waals surface area contributed by atoms with Gasteiger partial charge in [-0.25, -0.2) is 0 Å². The van der Waals surface area contributed by atoms with E-state index in [1.165, 1.54) is 18.5 Å². The summed E-state index contributed by atoms with van der Waals surface area (Å²) < 4.78 is 2.13. The highest BCUT2D eigenvalue weighted by molar-refractivity contribution is 5.37. The van der Waals surface area contributed by atoms with Crippen LogP contribution in [0.2, 0.25) is 0 Å². The summed E-state index contributed by atoms with van der Waals surface area (Å²) in [5.74, 6) is 1.51. The van der Waals surface area contributed by atoms with Crippen molar-refractivity contribution in [2.75, 3.05) is 13.1 Å². The Labute approximate surface area is 148 Å². The van der Waals surface area contributed by atoms with Gasteiger partial charge in [0, 0.05) is 36.3 Å². The van der Waals surface area contributed by atoms with E-state index >= 15 is 0 Å². The molecule has 25 heavy (non-hydrogen) atoms. The zero-order valence-corrected chi connectivity index (χ0v) is 15.2. The fourth-order valence-electron chi connectivity index (χ4n) is 3.62. The number of hydrogen-bond acceptors (Lipinski definition) is 4. The molecule has 0 aliphatic carbocycles. The van der Waals surface area contributed by atoms with Crippen LogP contribution in [0.25, 0.3) is 5.65 Å². The number of H-pyrrole nitrogens is 1. The lowest BCUT2D eigenvalue weighted by molar-refractivity contribution is 0.194. The molecule has 4 rings (SSSR count). The van der Waals surface area contributed by atoms with Crippen LogP contribution in [0, 0.1) is 0 Å². The second kappa shape index (κ2) is 6.26. The van der Waals surface area contributed by atoms with E-state index in [1.807, 2.05) is 18.2 Å². The topological polar surface area (TPSA) is 62.1 Å². The highest BCUT2D eigenvalue weighted by Gasteiger charge is 2.26. The monoisotopic (exact) mass is 338 g/mol. The molecular formula is C19H26N6. The molecule has 0 radical (unpaired) electrons. The molecule has 1 fully saturated rings. The number of pyridine rings is 1. The average molecular weight is 338 g/mol. The van der Waals surface area contributed by atoms with Gasteiger partial charge in [-0.1, -0.05) is 26.8 Å². The largest absolute Gasteiger partial charge is 0.297 e. The molecule has 6 heteroatoms. The van der Waals surface area contributed by atoms with Crippen molar-refractivity contribution in [2.24, 2.45) is 0 Å².